The maximum absolute atomic E-state index is 12.8. The zero-order valence-electron chi connectivity index (χ0n) is 18.6. The number of hydrogen-bond acceptors (Lipinski definition) is 8. The predicted molar refractivity (Wildman–Crippen MR) is 134 cm³/mol. The number of aliphatic imine (C=N–C) groups is 1. The molecule has 0 atom stereocenters. The lowest BCUT2D eigenvalue weighted by Gasteiger charge is -2.07. The summed E-state index contributed by atoms with van der Waals surface area (Å²) in [4.78, 5) is 41.8. The highest BCUT2D eigenvalue weighted by atomic mass is 35.5. The summed E-state index contributed by atoms with van der Waals surface area (Å²) in [6, 6.07) is 14.1. The minimum atomic E-state index is -0.535. The van der Waals surface area contributed by atoms with Gasteiger partial charge in [0.1, 0.15) is 11.5 Å². The number of carbonyl (C=O) groups is 2. The molecule has 0 bridgehead atoms. The van der Waals surface area contributed by atoms with Crippen molar-refractivity contribution in [2.24, 2.45) is 4.99 Å². The summed E-state index contributed by atoms with van der Waals surface area (Å²) in [6.07, 6.45) is 1.55. The molecular formula is C24H18ClN3O6S. The van der Waals surface area contributed by atoms with E-state index in [0.717, 1.165) is 11.8 Å². The summed E-state index contributed by atoms with van der Waals surface area (Å²) in [7, 11) is 1.59. The van der Waals surface area contributed by atoms with Gasteiger partial charge in [-0.15, -0.1) is 0 Å². The fraction of sp³-hybridized carbons (Fsp3) is 0.125. The Morgan fingerprint density at radius 3 is 2.80 bits per heavy atom. The van der Waals surface area contributed by atoms with Crippen LogP contribution < -0.4 is 0 Å². The first-order valence-electron chi connectivity index (χ1n) is 10.3. The molecular weight excluding hydrogens is 494 g/mol. The fourth-order valence-corrected chi connectivity index (χ4v) is 4.38. The van der Waals surface area contributed by atoms with Gasteiger partial charge in [0.2, 0.25) is 0 Å². The van der Waals surface area contributed by atoms with Crippen LogP contribution in [0.4, 0.5) is 11.4 Å². The molecule has 1 saturated heterocycles. The van der Waals surface area contributed by atoms with Gasteiger partial charge in [0.15, 0.2) is 5.17 Å². The smallest absolute Gasteiger partial charge is 0.338 e. The lowest BCUT2D eigenvalue weighted by Crippen LogP contribution is -2.23. The molecule has 2 aromatic carbocycles. The van der Waals surface area contributed by atoms with Crippen LogP contribution in [0.5, 0.6) is 0 Å². The summed E-state index contributed by atoms with van der Waals surface area (Å²) < 4.78 is 10.8. The van der Waals surface area contributed by atoms with Gasteiger partial charge in [0.25, 0.3) is 11.6 Å². The number of halogens is 1. The van der Waals surface area contributed by atoms with Crippen LogP contribution in [0.25, 0.3) is 17.4 Å². The Morgan fingerprint density at radius 2 is 2.06 bits per heavy atom. The first-order chi connectivity index (χ1) is 16.8. The van der Waals surface area contributed by atoms with E-state index in [4.69, 9.17) is 20.8 Å². The monoisotopic (exact) mass is 511 g/mol. The first-order valence-corrected chi connectivity index (χ1v) is 11.5. The number of nitro benzene ring substituents is 1. The SMILES string of the molecule is CCOC(=O)c1cccc(N=C2SC(=Cc3ccc(-c4ccc(Cl)cc4[N+](=O)[O-])o3)C(=O)N2C)c1. The summed E-state index contributed by atoms with van der Waals surface area (Å²) in [6.45, 7) is 1.99. The van der Waals surface area contributed by atoms with E-state index >= 15 is 0 Å². The molecule has 4 rings (SSSR count). The number of ether oxygens (including phenoxy) is 1. The zero-order valence-corrected chi connectivity index (χ0v) is 20.1. The molecule has 35 heavy (non-hydrogen) atoms. The number of rotatable bonds is 6. The Kier molecular flexibility index (Phi) is 7.04. The molecule has 9 nitrogen and oxygen atoms in total. The summed E-state index contributed by atoms with van der Waals surface area (Å²) in [5.74, 6) is -0.119. The van der Waals surface area contributed by atoms with Crippen molar-refractivity contribution < 1.29 is 23.7 Å². The van der Waals surface area contributed by atoms with Gasteiger partial charge in [0.05, 0.1) is 33.2 Å². The van der Waals surface area contributed by atoms with Crippen molar-refractivity contribution in [1.82, 2.24) is 4.90 Å². The zero-order chi connectivity index (χ0) is 25.1. The maximum Gasteiger partial charge on any atom is 0.338 e. The van der Waals surface area contributed by atoms with E-state index in [1.807, 2.05) is 0 Å². The number of furan rings is 1. The van der Waals surface area contributed by atoms with E-state index in [0.29, 0.717) is 27.1 Å². The van der Waals surface area contributed by atoms with Gasteiger partial charge in [-0.05, 0) is 61.2 Å². The molecule has 11 heteroatoms. The molecule has 2 heterocycles. The van der Waals surface area contributed by atoms with Crippen molar-refractivity contribution in [3.05, 3.63) is 86.0 Å². The van der Waals surface area contributed by atoms with Gasteiger partial charge in [0, 0.05) is 24.2 Å². The van der Waals surface area contributed by atoms with Crippen LogP contribution in [0, 0.1) is 10.1 Å². The number of nitrogens with zero attached hydrogens (tertiary/aromatic N) is 3. The summed E-state index contributed by atoms with van der Waals surface area (Å²) in [5, 5.41) is 12.0. The average molecular weight is 512 g/mol. The molecule has 0 saturated carbocycles. The van der Waals surface area contributed by atoms with Crippen molar-refractivity contribution in [2.75, 3.05) is 13.7 Å². The first kappa shape index (κ1) is 24.2. The third kappa shape index (κ3) is 5.28. The minimum Gasteiger partial charge on any atom is -0.462 e. The number of likely N-dealkylation sites (N-methyl/N-ethyl adjacent to an activating group) is 1. The van der Waals surface area contributed by atoms with E-state index < -0.39 is 10.9 Å². The normalized spacial score (nSPS) is 15.7. The highest BCUT2D eigenvalue weighted by Gasteiger charge is 2.31. The van der Waals surface area contributed by atoms with Crippen LogP contribution in [-0.2, 0) is 9.53 Å². The third-order valence-electron chi connectivity index (χ3n) is 4.91. The second-order valence-electron chi connectivity index (χ2n) is 7.26. The number of amides is 1. The molecule has 0 unspecified atom stereocenters. The van der Waals surface area contributed by atoms with Gasteiger partial charge in [-0.1, -0.05) is 17.7 Å². The Morgan fingerprint density at radius 1 is 1.26 bits per heavy atom. The van der Waals surface area contributed by atoms with E-state index in [1.54, 1.807) is 56.4 Å². The second kappa shape index (κ2) is 10.2. The largest absolute Gasteiger partial charge is 0.462 e. The van der Waals surface area contributed by atoms with E-state index in [9.17, 15) is 19.7 Å². The van der Waals surface area contributed by atoms with Gasteiger partial charge in [-0.2, -0.15) is 0 Å². The van der Waals surface area contributed by atoms with E-state index in [-0.39, 0.29) is 34.5 Å². The minimum absolute atomic E-state index is 0.184. The van der Waals surface area contributed by atoms with Crippen molar-refractivity contribution in [2.45, 2.75) is 6.92 Å². The van der Waals surface area contributed by atoms with Crippen molar-refractivity contribution in [3.8, 4) is 11.3 Å². The molecule has 0 N–H and O–H groups in total. The Bertz CT molecular complexity index is 1400. The number of thioether (sulfide) groups is 1. The van der Waals surface area contributed by atoms with Crippen LogP contribution in [-0.4, -0.2) is 40.5 Å². The van der Waals surface area contributed by atoms with Crippen molar-refractivity contribution >= 4 is 57.9 Å². The number of nitro groups is 1. The Balaban J connectivity index is 1.59. The molecule has 1 fully saturated rings. The molecule has 0 spiro atoms. The van der Waals surface area contributed by atoms with Gasteiger partial charge in [-0.3, -0.25) is 19.8 Å². The van der Waals surface area contributed by atoms with Crippen LogP contribution in [0.1, 0.15) is 23.0 Å². The molecule has 0 aliphatic carbocycles. The third-order valence-corrected chi connectivity index (χ3v) is 6.20. The molecule has 1 aliphatic heterocycles. The predicted octanol–water partition coefficient (Wildman–Crippen LogP) is 5.92. The number of carbonyl (C=O) groups excluding carboxylic acids is 2. The number of amidine groups is 1. The van der Waals surface area contributed by atoms with E-state index in [1.165, 1.54) is 23.1 Å². The lowest BCUT2D eigenvalue weighted by molar-refractivity contribution is -0.384. The van der Waals surface area contributed by atoms with Gasteiger partial charge >= 0.3 is 5.97 Å². The number of esters is 1. The molecule has 1 amide bonds. The van der Waals surface area contributed by atoms with E-state index in [2.05, 4.69) is 4.99 Å². The Hall–Kier alpha value is -3.89. The van der Waals surface area contributed by atoms with Crippen LogP contribution >= 0.6 is 23.4 Å². The molecule has 3 aromatic rings. The standard InChI is InChI=1S/C24H18ClN3O6S/c1-3-33-23(30)14-5-4-6-16(11-14)26-24-27(2)22(29)21(35-24)13-17-8-10-20(34-17)18-9-7-15(25)12-19(18)28(31)32/h4-13H,3H2,1-2H3. The van der Waals surface area contributed by atoms with Crippen LogP contribution in [0.3, 0.4) is 0 Å². The van der Waals surface area contributed by atoms with Crippen LogP contribution in [0.2, 0.25) is 5.02 Å². The number of benzene rings is 2. The maximum atomic E-state index is 12.8. The summed E-state index contributed by atoms with van der Waals surface area (Å²) in [5.41, 5.74) is 0.946. The van der Waals surface area contributed by atoms with Crippen molar-refractivity contribution in [1.29, 1.82) is 0 Å². The molecule has 0 radical (unpaired) electrons. The molecule has 178 valence electrons. The summed E-state index contributed by atoms with van der Waals surface area (Å²) >= 11 is 7.02. The van der Waals surface area contributed by atoms with Crippen molar-refractivity contribution in [3.63, 3.8) is 0 Å². The topological polar surface area (TPSA) is 115 Å². The number of hydrogen-bond donors (Lipinski definition) is 0. The average Bonchev–Trinajstić information content (AvgIpc) is 3.40. The highest BCUT2D eigenvalue weighted by molar-refractivity contribution is 8.18. The molecule has 1 aromatic heterocycles. The Labute approximate surface area is 209 Å². The molecule has 1 aliphatic rings. The van der Waals surface area contributed by atoms with Gasteiger partial charge < -0.3 is 9.15 Å². The van der Waals surface area contributed by atoms with Gasteiger partial charge in [-0.25, -0.2) is 9.79 Å². The van der Waals surface area contributed by atoms with Crippen LogP contribution in [0.15, 0.2) is 68.9 Å². The lowest BCUT2D eigenvalue weighted by atomic mass is 10.1. The second-order valence-corrected chi connectivity index (χ2v) is 8.71. The highest BCUT2D eigenvalue weighted by Crippen LogP contribution is 2.36. The quantitative estimate of drug-likeness (QED) is 0.174. The fourth-order valence-electron chi connectivity index (χ4n) is 3.25.